The van der Waals surface area contributed by atoms with E-state index in [-0.39, 0.29) is 17.5 Å². The largest absolute Gasteiger partial charge is 0.416 e. The highest BCUT2D eigenvalue weighted by Crippen LogP contribution is 2.32. The molecule has 0 aliphatic carbocycles. The minimum atomic E-state index is -4.41. The summed E-state index contributed by atoms with van der Waals surface area (Å²) in [4.78, 5) is 16.0. The molecule has 0 radical (unpaired) electrons. The summed E-state index contributed by atoms with van der Waals surface area (Å²) < 4.78 is 38.2. The van der Waals surface area contributed by atoms with E-state index in [4.69, 9.17) is 0 Å². The molecule has 2 N–H and O–H groups in total. The number of nitrogens with zero attached hydrogens (tertiary/aromatic N) is 1. The van der Waals surface area contributed by atoms with Gasteiger partial charge in [0.2, 0.25) is 5.91 Å². The summed E-state index contributed by atoms with van der Waals surface area (Å²) in [5.41, 5.74) is -0.0699. The van der Waals surface area contributed by atoms with Crippen LogP contribution >= 0.6 is 0 Å². The number of hydrogen-bond donors (Lipinski definition) is 2. The van der Waals surface area contributed by atoms with Gasteiger partial charge in [-0.2, -0.15) is 13.2 Å². The standard InChI is InChI=1S/C16H16F3N3O/c17-16(18,19)10-3-4-12-13(5-7-21-14(12)8-10)22-15(23)9-11-2-1-6-20-11/h3-5,7-8,11,20H,1-2,6,9H2,(H,21,22,23)/t11-/m1/s1. The molecule has 2 aromatic rings. The Morgan fingerprint density at radius 1 is 1.35 bits per heavy atom. The lowest BCUT2D eigenvalue weighted by molar-refractivity contribution is -0.137. The van der Waals surface area contributed by atoms with Crippen molar-refractivity contribution in [2.45, 2.75) is 31.5 Å². The van der Waals surface area contributed by atoms with Gasteiger partial charge in [0.05, 0.1) is 16.8 Å². The first kappa shape index (κ1) is 15.7. The Balaban J connectivity index is 1.82. The van der Waals surface area contributed by atoms with Crippen molar-refractivity contribution >= 4 is 22.5 Å². The lowest BCUT2D eigenvalue weighted by Gasteiger charge is -2.13. The minimum absolute atomic E-state index is 0.156. The average Bonchev–Trinajstić information content (AvgIpc) is 2.99. The lowest BCUT2D eigenvalue weighted by atomic mass is 10.1. The fourth-order valence-corrected chi connectivity index (χ4v) is 2.79. The quantitative estimate of drug-likeness (QED) is 0.911. The van der Waals surface area contributed by atoms with Crippen LogP contribution in [0.2, 0.25) is 0 Å². The summed E-state index contributed by atoms with van der Waals surface area (Å²) in [6.07, 6.45) is -0.657. The number of anilines is 1. The van der Waals surface area contributed by atoms with Crippen LogP contribution < -0.4 is 10.6 Å². The molecule has 1 saturated heterocycles. The van der Waals surface area contributed by atoms with E-state index in [0.29, 0.717) is 17.5 Å². The molecule has 4 nitrogen and oxygen atoms in total. The van der Waals surface area contributed by atoms with Crippen molar-refractivity contribution in [2.75, 3.05) is 11.9 Å². The van der Waals surface area contributed by atoms with Gasteiger partial charge in [-0.15, -0.1) is 0 Å². The van der Waals surface area contributed by atoms with Crippen LogP contribution in [0.15, 0.2) is 30.5 Å². The lowest BCUT2D eigenvalue weighted by Crippen LogP contribution is -2.27. The van der Waals surface area contributed by atoms with Crippen molar-refractivity contribution in [1.29, 1.82) is 0 Å². The maximum atomic E-state index is 12.7. The van der Waals surface area contributed by atoms with E-state index in [1.807, 2.05) is 0 Å². The molecule has 7 heteroatoms. The monoisotopic (exact) mass is 323 g/mol. The van der Waals surface area contributed by atoms with E-state index in [2.05, 4.69) is 15.6 Å². The molecule has 0 spiro atoms. The molecular weight excluding hydrogens is 307 g/mol. The van der Waals surface area contributed by atoms with E-state index < -0.39 is 11.7 Å². The highest BCUT2D eigenvalue weighted by Gasteiger charge is 2.30. The van der Waals surface area contributed by atoms with E-state index in [1.165, 1.54) is 12.3 Å². The number of rotatable bonds is 3. The first-order chi connectivity index (χ1) is 10.9. The van der Waals surface area contributed by atoms with Gasteiger partial charge in [0, 0.05) is 24.0 Å². The minimum Gasteiger partial charge on any atom is -0.325 e. The molecule has 0 unspecified atom stereocenters. The van der Waals surface area contributed by atoms with E-state index in [1.54, 1.807) is 6.07 Å². The van der Waals surface area contributed by atoms with Gasteiger partial charge in [0.25, 0.3) is 0 Å². The number of amides is 1. The maximum Gasteiger partial charge on any atom is 0.416 e. The molecule has 1 amide bonds. The van der Waals surface area contributed by atoms with Gasteiger partial charge >= 0.3 is 6.18 Å². The van der Waals surface area contributed by atoms with Crippen LogP contribution in [-0.4, -0.2) is 23.5 Å². The molecule has 1 aromatic carbocycles. The van der Waals surface area contributed by atoms with E-state index in [0.717, 1.165) is 31.5 Å². The zero-order chi connectivity index (χ0) is 16.4. The second kappa shape index (κ2) is 6.16. The number of alkyl halides is 3. The van der Waals surface area contributed by atoms with Crippen molar-refractivity contribution in [3.05, 3.63) is 36.0 Å². The highest BCUT2D eigenvalue weighted by atomic mass is 19.4. The first-order valence-electron chi connectivity index (χ1n) is 7.43. The Morgan fingerprint density at radius 3 is 2.87 bits per heavy atom. The van der Waals surface area contributed by atoms with Crippen LogP contribution in [0.5, 0.6) is 0 Å². The summed E-state index contributed by atoms with van der Waals surface area (Å²) in [5.74, 6) is -0.156. The van der Waals surface area contributed by atoms with Gasteiger partial charge < -0.3 is 10.6 Å². The Bertz CT molecular complexity index is 724. The number of pyridine rings is 1. The van der Waals surface area contributed by atoms with Crippen LogP contribution in [0.25, 0.3) is 10.9 Å². The number of benzene rings is 1. The summed E-state index contributed by atoms with van der Waals surface area (Å²) in [7, 11) is 0. The van der Waals surface area contributed by atoms with Crippen LogP contribution in [-0.2, 0) is 11.0 Å². The predicted octanol–water partition coefficient (Wildman–Crippen LogP) is 3.33. The number of fused-ring (bicyclic) bond motifs is 1. The predicted molar refractivity (Wildman–Crippen MR) is 81.0 cm³/mol. The van der Waals surface area contributed by atoms with Gasteiger partial charge in [-0.05, 0) is 37.6 Å². The second-order valence-corrected chi connectivity index (χ2v) is 5.63. The molecular formula is C16H16F3N3O. The summed E-state index contributed by atoms with van der Waals surface area (Å²) in [5, 5.41) is 6.50. The topological polar surface area (TPSA) is 54.0 Å². The number of carbonyl (C=O) groups excluding carboxylic acids is 1. The molecule has 1 aliphatic rings. The second-order valence-electron chi connectivity index (χ2n) is 5.63. The molecule has 1 aromatic heterocycles. The van der Waals surface area contributed by atoms with Gasteiger partial charge in [-0.3, -0.25) is 9.78 Å². The Hall–Kier alpha value is -2.15. The van der Waals surface area contributed by atoms with Gasteiger partial charge in [-0.25, -0.2) is 0 Å². The highest BCUT2D eigenvalue weighted by molar-refractivity contribution is 6.01. The van der Waals surface area contributed by atoms with Gasteiger partial charge in [0.1, 0.15) is 0 Å². The fourth-order valence-electron chi connectivity index (χ4n) is 2.79. The van der Waals surface area contributed by atoms with Crippen LogP contribution in [0.4, 0.5) is 18.9 Å². The third-order valence-electron chi connectivity index (χ3n) is 3.94. The molecule has 23 heavy (non-hydrogen) atoms. The summed E-state index contributed by atoms with van der Waals surface area (Å²) in [6, 6.07) is 5.09. The number of halogens is 3. The number of aromatic nitrogens is 1. The van der Waals surface area contributed by atoms with Gasteiger partial charge in [-0.1, -0.05) is 6.07 Å². The maximum absolute atomic E-state index is 12.7. The number of carbonyl (C=O) groups is 1. The average molecular weight is 323 g/mol. The Kier molecular flexibility index (Phi) is 4.21. The normalized spacial score (nSPS) is 18.3. The van der Waals surface area contributed by atoms with Crippen molar-refractivity contribution in [3.63, 3.8) is 0 Å². The van der Waals surface area contributed by atoms with Crippen molar-refractivity contribution in [3.8, 4) is 0 Å². The molecule has 1 fully saturated rings. The zero-order valence-electron chi connectivity index (χ0n) is 12.3. The molecule has 0 saturated carbocycles. The molecule has 1 aliphatic heterocycles. The molecule has 1 atom stereocenters. The third-order valence-corrected chi connectivity index (χ3v) is 3.94. The van der Waals surface area contributed by atoms with Crippen LogP contribution in [0.3, 0.4) is 0 Å². The van der Waals surface area contributed by atoms with Crippen LogP contribution in [0, 0.1) is 0 Å². The van der Waals surface area contributed by atoms with Crippen molar-refractivity contribution in [2.24, 2.45) is 0 Å². The molecule has 2 heterocycles. The van der Waals surface area contributed by atoms with E-state index >= 15 is 0 Å². The number of hydrogen-bond acceptors (Lipinski definition) is 3. The first-order valence-corrected chi connectivity index (χ1v) is 7.43. The van der Waals surface area contributed by atoms with Crippen molar-refractivity contribution < 1.29 is 18.0 Å². The smallest absolute Gasteiger partial charge is 0.325 e. The summed E-state index contributed by atoms with van der Waals surface area (Å²) >= 11 is 0. The molecule has 0 bridgehead atoms. The van der Waals surface area contributed by atoms with Crippen molar-refractivity contribution in [1.82, 2.24) is 10.3 Å². The van der Waals surface area contributed by atoms with Crippen LogP contribution in [0.1, 0.15) is 24.8 Å². The molecule has 3 rings (SSSR count). The van der Waals surface area contributed by atoms with Gasteiger partial charge in [0.15, 0.2) is 0 Å². The zero-order valence-corrected chi connectivity index (χ0v) is 12.3. The SMILES string of the molecule is O=C(C[C@H]1CCCN1)Nc1ccnc2cc(C(F)(F)F)ccc12. The summed E-state index contributed by atoms with van der Waals surface area (Å²) in [6.45, 7) is 0.913. The fraction of sp³-hybridized carbons (Fsp3) is 0.375. The van der Waals surface area contributed by atoms with E-state index in [9.17, 15) is 18.0 Å². The Morgan fingerprint density at radius 2 is 2.17 bits per heavy atom. The molecule has 122 valence electrons. The third kappa shape index (κ3) is 3.61. The number of nitrogens with one attached hydrogen (secondary N) is 2. The Labute approximate surface area is 131 Å².